The summed E-state index contributed by atoms with van der Waals surface area (Å²) in [6.45, 7) is 1.72. The number of carbonyl (C=O) groups is 2. The third-order valence-corrected chi connectivity index (χ3v) is 6.88. The predicted molar refractivity (Wildman–Crippen MR) is 103 cm³/mol. The molecule has 1 aromatic heterocycles. The lowest BCUT2D eigenvalue weighted by Gasteiger charge is -2.43. The number of para-hydroxylation sites is 1. The Morgan fingerprint density at radius 3 is 2.70 bits per heavy atom. The molecule has 0 radical (unpaired) electrons. The molecule has 142 valence electrons. The molecule has 2 aromatic rings. The van der Waals surface area contributed by atoms with Crippen LogP contribution in [-0.2, 0) is 11.3 Å². The van der Waals surface area contributed by atoms with Gasteiger partial charge in [-0.2, -0.15) is 0 Å². The van der Waals surface area contributed by atoms with E-state index in [9.17, 15) is 9.59 Å². The minimum atomic E-state index is -0.249. The monoisotopic (exact) mass is 386 g/mol. The molecule has 2 fully saturated rings. The molecular formula is C20H22N2O4S. The summed E-state index contributed by atoms with van der Waals surface area (Å²) < 4.78 is 10.8. The van der Waals surface area contributed by atoms with Gasteiger partial charge in [0, 0.05) is 13.1 Å². The number of amides is 2. The van der Waals surface area contributed by atoms with Gasteiger partial charge in [-0.15, -0.1) is 11.8 Å². The number of furan rings is 1. The maximum absolute atomic E-state index is 12.9. The molecule has 3 heterocycles. The Morgan fingerprint density at radius 1 is 1.22 bits per heavy atom. The topological polar surface area (TPSA) is 63.0 Å². The van der Waals surface area contributed by atoms with Gasteiger partial charge in [-0.1, -0.05) is 12.1 Å². The minimum absolute atomic E-state index is 0.0193. The molecule has 0 atom stereocenters. The van der Waals surface area contributed by atoms with E-state index in [1.54, 1.807) is 37.3 Å². The first-order valence-corrected chi connectivity index (χ1v) is 10.0. The average Bonchev–Trinajstić information content (AvgIpc) is 3.33. The van der Waals surface area contributed by atoms with E-state index in [4.69, 9.17) is 9.15 Å². The van der Waals surface area contributed by atoms with Crippen molar-refractivity contribution in [1.29, 1.82) is 0 Å². The van der Waals surface area contributed by atoms with Crippen LogP contribution in [0.15, 0.2) is 47.1 Å². The summed E-state index contributed by atoms with van der Waals surface area (Å²) in [7, 11) is 1.57. The molecule has 0 saturated carbocycles. The standard InChI is InChI=1S/C20H22N2O4S/c1-25-17-7-3-2-6-16(17)19(24)21-10-8-20(9-11-21)22(18(23)14-27-20)13-15-5-4-12-26-15/h2-7,12H,8-11,13-14H2,1H3. The second-order valence-electron chi connectivity index (χ2n) is 6.79. The predicted octanol–water partition coefficient (Wildman–Crippen LogP) is 3.00. The molecule has 0 bridgehead atoms. The number of hydrogen-bond acceptors (Lipinski definition) is 5. The zero-order valence-electron chi connectivity index (χ0n) is 15.2. The van der Waals surface area contributed by atoms with Crippen molar-refractivity contribution in [3.8, 4) is 5.75 Å². The number of hydrogen-bond donors (Lipinski definition) is 0. The van der Waals surface area contributed by atoms with Crippen LogP contribution in [0.25, 0.3) is 0 Å². The summed E-state index contributed by atoms with van der Waals surface area (Å²) in [5, 5.41) is 0. The van der Waals surface area contributed by atoms with E-state index in [2.05, 4.69) is 0 Å². The molecule has 1 spiro atoms. The average molecular weight is 386 g/mol. The second-order valence-corrected chi connectivity index (χ2v) is 8.12. The number of likely N-dealkylation sites (tertiary alicyclic amines) is 1. The largest absolute Gasteiger partial charge is 0.496 e. The summed E-state index contributed by atoms with van der Waals surface area (Å²) in [5.41, 5.74) is 0.582. The van der Waals surface area contributed by atoms with Crippen LogP contribution in [0, 0.1) is 0 Å². The molecule has 6 nitrogen and oxygen atoms in total. The van der Waals surface area contributed by atoms with Crippen LogP contribution in [0.5, 0.6) is 5.75 Å². The summed E-state index contributed by atoms with van der Waals surface area (Å²) in [5.74, 6) is 1.99. The third kappa shape index (κ3) is 3.32. The fourth-order valence-corrected chi connectivity index (χ4v) is 5.18. The zero-order chi connectivity index (χ0) is 18.9. The van der Waals surface area contributed by atoms with Gasteiger partial charge in [0.15, 0.2) is 0 Å². The van der Waals surface area contributed by atoms with Crippen LogP contribution in [0.3, 0.4) is 0 Å². The molecule has 2 amide bonds. The fourth-order valence-electron chi connectivity index (χ4n) is 3.83. The van der Waals surface area contributed by atoms with Gasteiger partial charge in [-0.3, -0.25) is 9.59 Å². The number of benzene rings is 1. The smallest absolute Gasteiger partial charge is 0.257 e. The molecule has 1 aromatic carbocycles. The van der Waals surface area contributed by atoms with E-state index < -0.39 is 0 Å². The molecule has 0 unspecified atom stereocenters. The Bertz CT molecular complexity index is 828. The summed E-state index contributed by atoms with van der Waals surface area (Å²) in [4.78, 5) is 28.9. The van der Waals surface area contributed by atoms with Gasteiger partial charge in [0.2, 0.25) is 5.91 Å². The SMILES string of the molecule is COc1ccccc1C(=O)N1CCC2(CC1)SCC(=O)N2Cc1ccco1. The first-order chi connectivity index (χ1) is 13.1. The summed E-state index contributed by atoms with van der Waals surface area (Å²) >= 11 is 1.69. The molecule has 2 aliphatic rings. The van der Waals surface area contributed by atoms with Gasteiger partial charge in [0.25, 0.3) is 5.91 Å². The number of piperidine rings is 1. The lowest BCUT2D eigenvalue weighted by atomic mass is 10.0. The van der Waals surface area contributed by atoms with E-state index in [0.717, 1.165) is 18.6 Å². The number of thioether (sulfide) groups is 1. The third-order valence-electron chi connectivity index (χ3n) is 5.32. The zero-order valence-corrected chi connectivity index (χ0v) is 16.0. The highest BCUT2D eigenvalue weighted by molar-refractivity contribution is 8.01. The van der Waals surface area contributed by atoms with E-state index in [-0.39, 0.29) is 16.7 Å². The van der Waals surface area contributed by atoms with Crippen LogP contribution in [0.2, 0.25) is 0 Å². The van der Waals surface area contributed by atoms with Gasteiger partial charge in [-0.05, 0) is 37.1 Å². The van der Waals surface area contributed by atoms with Crippen molar-refractivity contribution < 1.29 is 18.7 Å². The highest BCUT2D eigenvalue weighted by Crippen LogP contribution is 2.45. The number of methoxy groups -OCH3 is 1. The van der Waals surface area contributed by atoms with Crippen molar-refractivity contribution in [2.24, 2.45) is 0 Å². The van der Waals surface area contributed by atoms with Crippen molar-refractivity contribution in [3.63, 3.8) is 0 Å². The highest BCUT2D eigenvalue weighted by atomic mass is 32.2. The normalized spacial score (nSPS) is 18.9. The Labute approximate surface area is 162 Å². The Kier molecular flexibility index (Phi) is 4.86. The Morgan fingerprint density at radius 2 is 2.00 bits per heavy atom. The first-order valence-electron chi connectivity index (χ1n) is 9.02. The van der Waals surface area contributed by atoms with E-state index in [0.29, 0.717) is 36.7 Å². The van der Waals surface area contributed by atoms with Crippen molar-refractivity contribution in [2.75, 3.05) is 26.0 Å². The Balaban J connectivity index is 1.47. The quantitative estimate of drug-likeness (QED) is 0.808. The van der Waals surface area contributed by atoms with Gasteiger partial charge < -0.3 is 19.0 Å². The van der Waals surface area contributed by atoms with E-state index in [1.807, 2.05) is 34.1 Å². The van der Waals surface area contributed by atoms with Crippen molar-refractivity contribution in [3.05, 3.63) is 54.0 Å². The molecule has 4 rings (SSSR count). The van der Waals surface area contributed by atoms with Gasteiger partial charge >= 0.3 is 0 Å². The lowest BCUT2D eigenvalue weighted by Crippen LogP contribution is -2.52. The molecule has 7 heteroatoms. The van der Waals surface area contributed by atoms with Crippen molar-refractivity contribution in [1.82, 2.24) is 9.80 Å². The van der Waals surface area contributed by atoms with Gasteiger partial charge in [0.05, 0.1) is 36.1 Å². The number of rotatable bonds is 4. The minimum Gasteiger partial charge on any atom is -0.496 e. The Hall–Kier alpha value is -2.41. The molecule has 2 aliphatic heterocycles. The molecule has 2 saturated heterocycles. The van der Waals surface area contributed by atoms with Crippen LogP contribution in [0.1, 0.15) is 29.0 Å². The maximum Gasteiger partial charge on any atom is 0.257 e. The maximum atomic E-state index is 12.9. The number of carbonyl (C=O) groups excluding carboxylic acids is 2. The first kappa shape index (κ1) is 18.0. The van der Waals surface area contributed by atoms with E-state index in [1.165, 1.54) is 0 Å². The highest BCUT2D eigenvalue weighted by Gasteiger charge is 2.48. The lowest BCUT2D eigenvalue weighted by molar-refractivity contribution is -0.132. The van der Waals surface area contributed by atoms with Gasteiger partial charge in [0.1, 0.15) is 11.5 Å². The number of nitrogens with zero attached hydrogens (tertiary/aromatic N) is 2. The molecule has 0 N–H and O–H groups in total. The van der Waals surface area contributed by atoms with Gasteiger partial charge in [-0.25, -0.2) is 0 Å². The molecule has 0 aliphatic carbocycles. The molecule has 27 heavy (non-hydrogen) atoms. The second kappa shape index (κ2) is 7.31. The summed E-state index contributed by atoms with van der Waals surface area (Å²) in [6.07, 6.45) is 3.14. The summed E-state index contributed by atoms with van der Waals surface area (Å²) in [6, 6.07) is 11.0. The van der Waals surface area contributed by atoms with Crippen LogP contribution in [0.4, 0.5) is 0 Å². The van der Waals surface area contributed by atoms with Crippen molar-refractivity contribution in [2.45, 2.75) is 24.3 Å². The van der Waals surface area contributed by atoms with E-state index >= 15 is 0 Å². The number of ether oxygens (including phenoxy) is 1. The van der Waals surface area contributed by atoms with Crippen LogP contribution >= 0.6 is 11.8 Å². The fraction of sp³-hybridized carbons (Fsp3) is 0.400. The van der Waals surface area contributed by atoms with Crippen molar-refractivity contribution >= 4 is 23.6 Å². The molecular weight excluding hydrogens is 364 g/mol. The van der Waals surface area contributed by atoms with Crippen LogP contribution < -0.4 is 4.74 Å². The van der Waals surface area contributed by atoms with Crippen LogP contribution in [-0.4, -0.2) is 52.4 Å².